The van der Waals surface area contributed by atoms with Crippen molar-refractivity contribution in [1.82, 2.24) is 5.32 Å². The third-order valence-electron chi connectivity index (χ3n) is 2.21. The molecule has 0 aliphatic rings. The van der Waals surface area contributed by atoms with Crippen LogP contribution in [0.4, 0.5) is 0 Å². The molecule has 0 unspecified atom stereocenters. The van der Waals surface area contributed by atoms with Gasteiger partial charge in [-0.25, -0.2) is 8.42 Å². The van der Waals surface area contributed by atoms with Crippen molar-refractivity contribution in [2.45, 2.75) is 11.3 Å². The van der Waals surface area contributed by atoms with E-state index in [2.05, 4.69) is 5.32 Å². The molecule has 0 saturated heterocycles. The van der Waals surface area contributed by atoms with E-state index in [4.69, 9.17) is 5.73 Å². The van der Waals surface area contributed by atoms with Gasteiger partial charge in [0.15, 0.2) is 9.84 Å². The topological polar surface area (TPSA) is 89.3 Å². The molecule has 6 heteroatoms. The van der Waals surface area contributed by atoms with Gasteiger partial charge in [-0.1, -0.05) is 0 Å². The first-order valence-corrected chi connectivity index (χ1v) is 7.12. The molecule has 0 aliphatic carbocycles. The van der Waals surface area contributed by atoms with Gasteiger partial charge in [-0.3, -0.25) is 4.79 Å². The second-order valence-electron chi connectivity index (χ2n) is 3.69. The number of amides is 1. The Morgan fingerprint density at radius 2 is 1.88 bits per heavy atom. The molecule has 0 aromatic heterocycles. The minimum atomic E-state index is -3.21. The summed E-state index contributed by atoms with van der Waals surface area (Å²) in [5, 5.41) is 2.69. The summed E-state index contributed by atoms with van der Waals surface area (Å²) in [7, 11) is -3.21. The summed E-state index contributed by atoms with van der Waals surface area (Å²) in [6.07, 6.45) is 1.84. The van der Waals surface area contributed by atoms with Gasteiger partial charge in [-0.2, -0.15) is 0 Å². The van der Waals surface area contributed by atoms with Gasteiger partial charge in [-0.05, 0) is 37.2 Å². The highest BCUT2D eigenvalue weighted by Gasteiger charge is 2.09. The Labute approximate surface area is 101 Å². The van der Waals surface area contributed by atoms with Crippen LogP contribution in [0, 0.1) is 0 Å². The van der Waals surface area contributed by atoms with E-state index in [9.17, 15) is 13.2 Å². The van der Waals surface area contributed by atoms with Gasteiger partial charge in [-0.15, -0.1) is 0 Å². The Bertz CT molecular complexity index is 480. The van der Waals surface area contributed by atoms with Gasteiger partial charge in [0.25, 0.3) is 5.91 Å². The third-order valence-corrected chi connectivity index (χ3v) is 3.34. The Morgan fingerprint density at radius 1 is 1.29 bits per heavy atom. The second kappa shape index (κ2) is 5.79. The van der Waals surface area contributed by atoms with Crippen molar-refractivity contribution >= 4 is 15.7 Å². The van der Waals surface area contributed by atoms with Crippen LogP contribution < -0.4 is 11.1 Å². The third kappa shape index (κ3) is 4.16. The molecule has 0 heterocycles. The van der Waals surface area contributed by atoms with Crippen molar-refractivity contribution in [3.05, 3.63) is 29.8 Å². The molecule has 0 radical (unpaired) electrons. The van der Waals surface area contributed by atoms with Gasteiger partial charge in [0.2, 0.25) is 0 Å². The van der Waals surface area contributed by atoms with E-state index in [1.54, 1.807) is 0 Å². The molecule has 0 spiro atoms. The lowest BCUT2D eigenvalue weighted by molar-refractivity contribution is 0.0953. The summed E-state index contributed by atoms with van der Waals surface area (Å²) in [6.45, 7) is 1.04. The molecule has 0 saturated carbocycles. The Balaban J connectivity index is 2.71. The molecule has 0 atom stereocenters. The van der Waals surface area contributed by atoms with E-state index in [0.29, 0.717) is 25.1 Å². The van der Waals surface area contributed by atoms with Crippen LogP contribution in [-0.4, -0.2) is 33.7 Å². The number of sulfone groups is 1. The molecule has 1 aromatic rings. The Hall–Kier alpha value is -1.40. The van der Waals surface area contributed by atoms with Crippen LogP contribution in [-0.2, 0) is 9.84 Å². The summed E-state index contributed by atoms with van der Waals surface area (Å²) >= 11 is 0. The highest BCUT2D eigenvalue weighted by atomic mass is 32.2. The highest BCUT2D eigenvalue weighted by Crippen LogP contribution is 2.10. The molecule has 1 rings (SSSR count). The number of benzene rings is 1. The first kappa shape index (κ1) is 13.7. The first-order valence-electron chi connectivity index (χ1n) is 5.23. The molecule has 1 amide bonds. The Morgan fingerprint density at radius 3 is 2.35 bits per heavy atom. The molecule has 17 heavy (non-hydrogen) atoms. The van der Waals surface area contributed by atoms with E-state index in [-0.39, 0.29) is 10.8 Å². The normalized spacial score (nSPS) is 11.2. The van der Waals surface area contributed by atoms with Crippen LogP contribution in [0.5, 0.6) is 0 Å². The van der Waals surface area contributed by atoms with Gasteiger partial charge < -0.3 is 11.1 Å². The van der Waals surface area contributed by atoms with Crippen LogP contribution in [0.25, 0.3) is 0 Å². The fourth-order valence-electron chi connectivity index (χ4n) is 1.26. The number of carbonyl (C=O) groups excluding carboxylic acids is 1. The summed E-state index contributed by atoms with van der Waals surface area (Å²) in [5.74, 6) is -0.224. The quantitative estimate of drug-likeness (QED) is 0.735. The Kier molecular flexibility index (Phi) is 4.65. The van der Waals surface area contributed by atoms with E-state index >= 15 is 0 Å². The predicted molar refractivity (Wildman–Crippen MR) is 65.6 cm³/mol. The van der Waals surface area contributed by atoms with Crippen LogP contribution in [0.2, 0.25) is 0 Å². The number of hydrogen-bond donors (Lipinski definition) is 2. The maximum Gasteiger partial charge on any atom is 0.251 e. The number of nitrogens with two attached hydrogens (primary N) is 1. The lowest BCUT2D eigenvalue weighted by Gasteiger charge is -2.04. The van der Waals surface area contributed by atoms with E-state index in [0.717, 1.165) is 6.26 Å². The van der Waals surface area contributed by atoms with Crippen molar-refractivity contribution in [2.24, 2.45) is 5.73 Å². The maximum atomic E-state index is 11.6. The number of carbonyl (C=O) groups is 1. The van der Waals surface area contributed by atoms with Crippen LogP contribution in [0.3, 0.4) is 0 Å². The zero-order valence-corrected chi connectivity index (χ0v) is 10.5. The zero-order valence-electron chi connectivity index (χ0n) is 9.64. The molecular weight excluding hydrogens is 240 g/mol. The summed E-state index contributed by atoms with van der Waals surface area (Å²) < 4.78 is 22.4. The molecule has 0 fully saturated rings. The van der Waals surface area contributed by atoms with Crippen molar-refractivity contribution in [2.75, 3.05) is 19.3 Å². The molecule has 94 valence electrons. The van der Waals surface area contributed by atoms with E-state index in [1.165, 1.54) is 24.3 Å². The zero-order chi connectivity index (χ0) is 12.9. The summed E-state index contributed by atoms with van der Waals surface area (Å²) in [4.78, 5) is 11.8. The van der Waals surface area contributed by atoms with Crippen molar-refractivity contribution in [3.63, 3.8) is 0 Å². The summed E-state index contributed by atoms with van der Waals surface area (Å²) in [5.41, 5.74) is 5.74. The van der Waals surface area contributed by atoms with Gasteiger partial charge in [0.1, 0.15) is 0 Å². The molecule has 0 aliphatic heterocycles. The molecule has 3 N–H and O–H groups in total. The van der Waals surface area contributed by atoms with E-state index < -0.39 is 9.84 Å². The van der Waals surface area contributed by atoms with Crippen molar-refractivity contribution in [1.29, 1.82) is 0 Å². The average molecular weight is 256 g/mol. The molecule has 0 bridgehead atoms. The van der Waals surface area contributed by atoms with Gasteiger partial charge >= 0.3 is 0 Å². The van der Waals surface area contributed by atoms with Crippen LogP contribution >= 0.6 is 0 Å². The van der Waals surface area contributed by atoms with Crippen molar-refractivity contribution in [3.8, 4) is 0 Å². The first-order chi connectivity index (χ1) is 7.95. The standard InChI is InChI=1S/C11H16N2O3S/c1-17(15,16)10-5-3-9(4-6-10)11(14)13-8-2-7-12/h3-6H,2,7-8,12H2,1H3,(H,13,14). The SMILES string of the molecule is CS(=O)(=O)c1ccc(C(=O)NCCCN)cc1. The van der Waals surface area contributed by atoms with Gasteiger partial charge in [0, 0.05) is 18.4 Å². The number of nitrogens with one attached hydrogen (secondary N) is 1. The van der Waals surface area contributed by atoms with Crippen LogP contribution in [0.15, 0.2) is 29.2 Å². The lowest BCUT2D eigenvalue weighted by Crippen LogP contribution is -2.25. The number of hydrogen-bond acceptors (Lipinski definition) is 4. The second-order valence-corrected chi connectivity index (χ2v) is 5.71. The highest BCUT2D eigenvalue weighted by molar-refractivity contribution is 7.90. The maximum absolute atomic E-state index is 11.6. The minimum Gasteiger partial charge on any atom is -0.352 e. The average Bonchev–Trinajstić information content (AvgIpc) is 2.28. The lowest BCUT2D eigenvalue weighted by atomic mass is 10.2. The predicted octanol–water partition coefficient (Wildman–Crippen LogP) is 0.169. The summed E-state index contributed by atoms with van der Waals surface area (Å²) in [6, 6.07) is 5.84. The smallest absolute Gasteiger partial charge is 0.251 e. The van der Waals surface area contributed by atoms with Crippen molar-refractivity contribution < 1.29 is 13.2 Å². The van der Waals surface area contributed by atoms with Gasteiger partial charge in [0.05, 0.1) is 4.90 Å². The molecule has 1 aromatic carbocycles. The molecule has 5 nitrogen and oxygen atoms in total. The van der Waals surface area contributed by atoms with E-state index in [1.807, 2.05) is 0 Å². The monoisotopic (exact) mass is 256 g/mol. The number of rotatable bonds is 5. The largest absolute Gasteiger partial charge is 0.352 e. The fourth-order valence-corrected chi connectivity index (χ4v) is 1.89. The minimum absolute atomic E-state index is 0.205. The fraction of sp³-hybridized carbons (Fsp3) is 0.364. The molecular formula is C11H16N2O3S. The van der Waals surface area contributed by atoms with Crippen LogP contribution in [0.1, 0.15) is 16.8 Å².